The maximum atomic E-state index is 14.0. The fraction of sp³-hybridized carbons (Fsp3) is 0.478. The van der Waals surface area contributed by atoms with Crippen LogP contribution in [0.25, 0.3) is 10.9 Å². The molecule has 1 aromatic carbocycles. The van der Waals surface area contributed by atoms with Crippen molar-refractivity contribution in [2.24, 2.45) is 22.4 Å². The monoisotopic (exact) mass is 514 g/mol. The van der Waals surface area contributed by atoms with Gasteiger partial charge in [0, 0.05) is 43.0 Å². The average Bonchev–Trinajstić information content (AvgIpc) is 3.04. The Balaban J connectivity index is 1.38. The molecule has 3 saturated heterocycles. The van der Waals surface area contributed by atoms with E-state index in [2.05, 4.69) is 26.3 Å². The molecule has 11 nitrogen and oxygen atoms in total. The van der Waals surface area contributed by atoms with E-state index >= 15 is 0 Å². The Labute approximate surface area is 208 Å². The molecule has 5 rings (SSSR count). The Kier molecular flexibility index (Phi) is 6.27. The lowest BCUT2D eigenvalue weighted by atomic mass is 10.00. The van der Waals surface area contributed by atoms with Crippen molar-refractivity contribution in [3.63, 3.8) is 0 Å². The highest BCUT2D eigenvalue weighted by Crippen LogP contribution is 2.40. The van der Waals surface area contributed by atoms with Crippen LogP contribution < -0.4 is 21.8 Å². The average molecular weight is 515 g/mol. The molecule has 2 atom stereocenters. The zero-order valence-corrected chi connectivity index (χ0v) is 20.7. The van der Waals surface area contributed by atoms with Crippen molar-refractivity contribution in [2.45, 2.75) is 50.7 Å². The molecule has 36 heavy (non-hydrogen) atoms. The Morgan fingerprint density at radius 1 is 1.31 bits per heavy atom. The minimum atomic E-state index is -3.59. The number of nitriles is 1. The summed E-state index contributed by atoms with van der Waals surface area (Å²) in [5.74, 6) is 0.342. The third kappa shape index (κ3) is 4.59. The number of nitrogens with one attached hydrogen (secondary N) is 2. The lowest BCUT2D eigenvalue weighted by molar-refractivity contribution is -0.348. The zero-order chi connectivity index (χ0) is 25.6. The first-order valence-electron chi connectivity index (χ1n) is 11.9. The third-order valence-electron chi connectivity index (χ3n) is 6.93. The largest absolute Gasteiger partial charge is 0.402 e. The van der Waals surface area contributed by atoms with Crippen molar-refractivity contribution >= 4 is 38.7 Å². The molecule has 0 saturated carbocycles. The Bertz CT molecular complexity index is 1380. The number of nitrogens with two attached hydrogens (primary N) is 2. The number of amidine groups is 1. The lowest BCUT2D eigenvalue weighted by Crippen LogP contribution is -2.59. The van der Waals surface area contributed by atoms with Crippen LogP contribution >= 0.6 is 0 Å². The van der Waals surface area contributed by atoms with Crippen LogP contribution in [0.2, 0.25) is 0 Å². The topological polar surface area (TPSA) is 168 Å². The standard InChI is InChI=1S/C23H28FN9O2S/c1-13(26)6-21(27)30-22-19-5-2-15(24)7-20(19)29-23(31-22)28-16-8-17-3-4-18(9-16)33(17)36(34,35)32-11-14(10-25)12-32/h2,5-7,14,16-18H,3-4,8-9,11-12,26H2,1H3,(H3,27,28,29,30,31)/p+1/b13-6-. The number of aromatic nitrogens is 2. The van der Waals surface area contributed by atoms with E-state index in [1.54, 1.807) is 17.3 Å². The molecule has 3 aliphatic rings. The molecule has 2 unspecified atom stereocenters. The smallest absolute Gasteiger partial charge is 0.345 e. The van der Waals surface area contributed by atoms with E-state index < -0.39 is 16.0 Å². The molecule has 0 aliphatic carbocycles. The number of halogens is 1. The quantitative estimate of drug-likeness (QED) is 0.384. The SMILES string of the molecule is C/C(N)=C/C(N)=Nc1[nH+]c(NC2CC3CCC(C2)N3S(=O)(=O)N2CC(C#N)C2)nc2cc(F)ccc12. The number of piperidine rings is 1. The number of benzene rings is 1. The Morgan fingerprint density at radius 2 is 2.00 bits per heavy atom. The maximum Gasteiger partial charge on any atom is 0.345 e. The Hall–Kier alpha value is -3.34. The molecule has 2 bridgehead atoms. The molecule has 0 radical (unpaired) electrons. The minimum absolute atomic E-state index is 0.0349. The van der Waals surface area contributed by atoms with E-state index in [0.717, 1.165) is 12.8 Å². The van der Waals surface area contributed by atoms with E-state index in [4.69, 9.17) is 16.7 Å². The van der Waals surface area contributed by atoms with Crippen LogP contribution in [0, 0.1) is 23.1 Å². The van der Waals surface area contributed by atoms with Gasteiger partial charge in [-0.3, -0.25) is 5.32 Å². The summed E-state index contributed by atoms with van der Waals surface area (Å²) in [6.45, 7) is 2.21. The van der Waals surface area contributed by atoms with Gasteiger partial charge in [-0.15, -0.1) is 9.98 Å². The number of anilines is 1. The second-order valence-electron chi connectivity index (χ2n) is 9.70. The predicted molar refractivity (Wildman–Crippen MR) is 132 cm³/mol. The van der Waals surface area contributed by atoms with Crippen molar-refractivity contribution in [2.75, 3.05) is 18.4 Å². The summed E-state index contributed by atoms with van der Waals surface area (Å²) in [7, 11) is -3.59. The summed E-state index contributed by atoms with van der Waals surface area (Å²) in [4.78, 5) is 12.1. The normalized spacial score (nSPS) is 26.1. The molecule has 13 heteroatoms. The number of H-pyrrole nitrogens is 1. The van der Waals surface area contributed by atoms with Crippen LogP contribution in [-0.4, -0.2) is 59.1 Å². The van der Waals surface area contributed by atoms with E-state index in [9.17, 15) is 12.8 Å². The molecule has 4 heterocycles. The van der Waals surface area contributed by atoms with Crippen LogP contribution in [0.5, 0.6) is 0 Å². The molecule has 3 aliphatic heterocycles. The number of hydrogen-bond donors (Lipinski definition) is 3. The highest BCUT2D eigenvalue weighted by Gasteiger charge is 2.51. The summed E-state index contributed by atoms with van der Waals surface area (Å²) in [5.41, 5.74) is 12.6. The van der Waals surface area contributed by atoms with Crippen LogP contribution in [0.3, 0.4) is 0 Å². The van der Waals surface area contributed by atoms with Crippen LogP contribution in [0.1, 0.15) is 32.6 Å². The summed E-state index contributed by atoms with van der Waals surface area (Å²) >= 11 is 0. The molecule has 6 N–H and O–H groups in total. The van der Waals surface area contributed by atoms with Crippen molar-refractivity contribution in [1.82, 2.24) is 13.6 Å². The summed E-state index contributed by atoms with van der Waals surface area (Å²) in [6.07, 6.45) is 4.32. The summed E-state index contributed by atoms with van der Waals surface area (Å²) in [5, 5.41) is 13.0. The number of hydrogen-bond acceptors (Lipinski definition) is 7. The van der Waals surface area contributed by atoms with E-state index in [0.29, 0.717) is 41.2 Å². The van der Waals surface area contributed by atoms with Gasteiger partial charge < -0.3 is 11.5 Å². The van der Waals surface area contributed by atoms with Crippen molar-refractivity contribution in [1.29, 1.82) is 5.26 Å². The molecule has 1 aromatic heterocycles. The number of rotatable bonds is 6. The maximum absolute atomic E-state index is 14.0. The van der Waals surface area contributed by atoms with Crippen LogP contribution in [-0.2, 0) is 10.2 Å². The van der Waals surface area contributed by atoms with Gasteiger partial charge in [-0.2, -0.15) is 22.3 Å². The molecule has 2 aromatic rings. The van der Waals surface area contributed by atoms with Crippen LogP contribution in [0.4, 0.5) is 16.2 Å². The minimum Gasteiger partial charge on any atom is -0.402 e. The van der Waals surface area contributed by atoms with Gasteiger partial charge in [-0.05, 0) is 44.7 Å². The number of fused-ring (bicyclic) bond motifs is 3. The first-order chi connectivity index (χ1) is 17.1. The van der Waals surface area contributed by atoms with E-state index in [-0.39, 0.29) is 43.0 Å². The first kappa shape index (κ1) is 24.4. The molecule has 3 fully saturated rings. The van der Waals surface area contributed by atoms with Gasteiger partial charge >= 0.3 is 5.95 Å². The highest BCUT2D eigenvalue weighted by molar-refractivity contribution is 7.86. The first-order valence-corrected chi connectivity index (χ1v) is 13.3. The van der Waals surface area contributed by atoms with E-state index in [1.807, 2.05) is 0 Å². The van der Waals surface area contributed by atoms with Gasteiger partial charge in [-0.25, -0.2) is 9.37 Å². The number of nitrogens with zero attached hydrogens (tertiary/aromatic N) is 5. The van der Waals surface area contributed by atoms with Gasteiger partial charge in [0.05, 0.1) is 23.4 Å². The van der Waals surface area contributed by atoms with Crippen LogP contribution in [0.15, 0.2) is 35.0 Å². The second kappa shape index (κ2) is 9.27. The lowest BCUT2D eigenvalue weighted by Gasteiger charge is -2.43. The van der Waals surface area contributed by atoms with Gasteiger partial charge in [0.2, 0.25) is 5.82 Å². The molecule has 0 amide bonds. The van der Waals surface area contributed by atoms with Crippen molar-refractivity contribution in [3.05, 3.63) is 35.8 Å². The second-order valence-corrected chi connectivity index (χ2v) is 11.5. The Morgan fingerprint density at radius 3 is 2.64 bits per heavy atom. The highest BCUT2D eigenvalue weighted by atomic mass is 32.2. The molecular formula is C23H29FN9O2S+. The fourth-order valence-electron chi connectivity index (χ4n) is 5.34. The zero-order valence-electron chi connectivity index (χ0n) is 19.9. The van der Waals surface area contributed by atoms with Gasteiger partial charge in [0.25, 0.3) is 10.2 Å². The third-order valence-corrected chi connectivity index (χ3v) is 9.01. The number of allylic oxidation sites excluding steroid dienone is 1. The predicted octanol–water partition coefficient (Wildman–Crippen LogP) is 1.15. The van der Waals surface area contributed by atoms with Gasteiger partial charge in [-0.1, -0.05) is 0 Å². The number of aliphatic imine (C=N–C) groups is 1. The number of aromatic amines is 1. The van der Waals surface area contributed by atoms with Gasteiger partial charge in [0.1, 0.15) is 11.3 Å². The van der Waals surface area contributed by atoms with Gasteiger partial charge in [0.15, 0.2) is 5.84 Å². The van der Waals surface area contributed by atoms with E-state index in [1.165, 1.54) is 22.5 Å². The van der Waals surface area contributed by atoms with Crippen molar-refractivity contribution in [3.8, 4) is 6.07 Å². The summed E-state index contributed by atoms with van der Waals surface area (Å²) in [6, 6.07) is 6.07. The molecular weight excluding hydrogens is 485 g/mol. The fourth-order valence-corrected chi connectivity index (χ4v) is 7.48. The summed E-state index contributed by atoms with van der Waals surface area (Å²) < 4.78 is 43.4. The van der Waals surface area contributed by atoms with Crippen molar-refractivity contribution < 1.29 is 17.8 Å². The molecule has 0 spiro atoms. The molecule has 190 valence electrons.